The second-order valence-corrected chi connectivity index (χ2v) is 7.85. The summed E-state index contributed by atoms with van der Waals surface area (Å²) in [6, 6.07) is 11.4. The molecule has 1 aliphatic heterocycles. The Labute approximate surface area is 177 Å². The standard InChI is InChI=1S/C22H19N5O2S/c28-21(19-4-2-14-30-19)26-9-11-27(12-10-26)22-24-15-17(16-5-7-23-8-6-16)20(25-22)18-3-1-13-29-18/h1-8,13-15H,9-12H2. The van der Waals surface area contributed by atoms with Crippen LogP contribution in [0.15, 0.2) is 71.0 Å². The molecule has 0 unspecified atom stereocenters. The van der Waals surface area contributed by atoms with E-state index in [4.69, 9.17) is 9.40 Å². The van der Waals surface area contributed by atoms with Crippen LogP contribution in [0.1, 0.15) is 9.67 Å². The van der Waals surface area contributed by atoms with Crippen LogP contribution in [0, 0.1) is 0 Å². The first kappa shape index (κ1) is 18.5. The molecule has 4 aromatic heterocycles. The second-order valence-electron chi connectivity index (χ2n) is 6.90. The Morgan fingerprint density at radius 3 is 2.57 bits per heavy atom. The number of rotatable bonds is 4. The van der Waals surface area contributed by atoms with E-state index in [1.165, 1.54) is 11.3 Å². The van der Waals surface area contributed by atoms with Gasteiger partial charge in [-0.2, -0.15) is 0 Å². The lowest BCUT2D eigenvalue weighted by molar-refractivity contribution is 0.0751. The van der Waals surface area contributed by atoms with E-state index in [0.29, 0.717) is 37.9 Å². The fourth-order valence-electron chi connectivity index (χ4n) is 3.53. The van der Waals surface area contributed by atoms with Gasteiger partial charge in [0, 0.05) is 50.3 Å². The van der Waals surface area contributed by atoms with Gasteiger partial charge in [-0.25, -0.2) is 9.97 Å². The Hall–Kier alpha value is -3.52. The van der Waals surface area contributed by atoms with Gasteiger partial charge in [-0.15, -0.1) is 11.3 Å². The number of carbonyl (C=O) groups excluding carboxylic acids is 1. The zero-order valence-electron chi connectivity index (χ0n) is 16.1. The molecule has 5 rings (SSSR count). The molecule has 1 amide bonds. The highest BCUT2D eigenvalue weighted by Crippen LogP contribution is 2.31. The van der Waals surface area contributed by atoms with Crippen molar-refractivity contribution in [2.24, 2.45) is 0 Å². The maximum absolute atomic E-state index is 12.6. The van der Waals surface area contributed by atoms with Crippen LogP contribution in [-0.4, -0.2) is 51.9 Å². The van der Waals surface area contributed by atoms with E-state index in [1.54, 1.807) is 18.7 Å². The van der Waals surface area contributed by atoms with Gasteiger partial charge in [-0.1, -0.05) is 6.07 Å². The topological polar surface area (TPSA) is 75.4 Å². The quantitative estimate of drug-likeness (QED) is 0.502. The normalized spacial score (nSPS) is 14.1. The molecule has 8 heteroatoms. The minimum absolute atomic E-state index is 0.0925. The first-order chi connectivity index (χ1) is 14.8. The zero-order chi connectivity index (χ0) is 20.3. The van der Waals surface area contributed by atoms with Crippen molar-refractivity contribution in [3.05, 3.63) is 71.5 Å². The molecule has 7 nitrogen and oxygen atoms in total. The van der Waals surface area contributed by atoms with Gasteiger partial charge in [0.05, 0.1) is 11.1 Å². The number of piperazine rings is 1. The molecule has 150 valence electrons. The third-order valence-corrected chi connectivity index (χ3v) is 5.96. The van der Waals surface area contributed by atoms with Gasteiger partial charge < -0.3 is 14.2 Å². The van der Waals surface area contributed by atoms with E-state index in [2.05, 4.69) is 14.9 Å². The van der Waals surface area contributed by atoms with Crippen molar-refractivity contribution in [3.63, 3.8) is 0 Å². The van der Waals surface area contributed by atoms with Gasteiger partial charge >= 0.3 is 0 Å². The van der Waals surface area contributed by atoms with Gasteiger partial charge in [0.15, 0.2) is 5.76 Å². The lowest BCUT2D eigenvalue weighted by atomic mass is 10.1. The van der Waals surface area contributed by atoms with Gasteiger partial charge in [0.2, 0.25) is 5.95 Å². The summed E-state index contributed by atoms with van der Waals surface area (Å²) < 4.78 is 5.64. The van der Waals surface area contributed by atoms with Crippen molar-refractivity contribution in [1.82, 2.24) is 19.9 Å². The van der Waals surface area contributed by atoms with Crippen LogP contribution in [0.25, 0.3) is 22.6 Å². The van der Waals surface area contributed by atoms with Crippen LogP contribution in [0.5, 0.6) is 0 Å². The Balaban J connectivity index is 1.39. The molecule has 0 saturated carbocycles. The van der Waals surface area contributed by atoms with Crippen LogP contribution in [0.2, 0.25) is 0 Å². The predicted molar refractivity (Wildman–Crippen MR) is 115 cm³/mol. The molecular formula is C22H19N5O2S. The second kappa shape index (κ2) is 8.08. The number of anilines is 1. The first-order valence-corrected chi connectivity index (χ1v) is 10.6. The van der Waals surface area contributed by atoms with E-state index < -0.39 is 0 Å². The number of pyridine rings is 1. The molecule has 0 radical (unpaired) electrons. The van der Waals surface area contributed by atoms with Crippen molar-refractivity contribution < 1.29 is 9.21 Å². The molecule has 0 N–H and O–H groups in total. The predicted octanol–water partition coefficient (Wildman–Crippen LogP) is 3.82. The van der Waals surface area contributed by atoms with Crippen molar-refractivity contribution in [2.75, 3.05) is 31.1 Å². The molecule has 30 heavy (non-hydrogen) atoms. The van der Waals surface area contributed by atoms with Gasteiger partial charge in [0.1, 0.15) is 5.69 Å². The van der Waals surface area contributed by atoms with Crippen LogP contribution >= 0.6 is 11.3 Å². The fourth-order valence-corrected chi connectivity index (χ4v) is 4.23. The molecule has 0 bridgehead atoms. The van der Waals surface area contributed by atoms with Crippen LogP contribution < -0.4 is 4.90 Å². The van der Waals surface area contributed by atoms with E-state index in [0.717, 1.165) is 21.7 Å². The van der Waals surface area contributed by atoms with Crippen molar-refractivity contribution in [2.45, 2.75) is 0 Å². The van der Waals surface area contributed by atoms with Gasteiger partial charge in [-0.3, -0.25) is 9.78 Å². The Bertz CT molecular complexity index is 1120. The van der Waals surface area contributed by atoms with Crippen LogP contribution in [0.3, 0.4) is 0 Å². The number of amides is 1. The van der Waals surface area contributed by atoms with E-state index in [-0.39, 0.29) is 5.91 Å². The fraction of sp³-hybridized carbons (Fsp3) is 0.182. The summed E-state index contributed by atoms with van der Waals surface area (Å²) in [5.41, 5.74) is 2.62. The summed E-state index contributed by atoms with van der Waals surface area (Å²) in [7, 11) is 0. The first-order valence-electron chi connectivity index (χ1n) is 9.68. The van der Waals surface area contributed by atoms with E-state index >= 15 is 0 Å². The highest BCUT2D eigenvalue weighted by Gasteiger charge is 2.25. The molecular weight excluding hydrogens is 398 g/mol. The maximum atomic E-state index is 12.6. The molecule has 5 heterocycles. The summed E-state index contributed by atoms with van der Waals surface area (Å²) in [6.45, 7) is 2.65. The average molecular weight is 417 g/mol. The van der Waals surface area contributed by atoms with Crippen molar-refractivity contribution in [1.29, 1.82) is 0 Å². The lowest BCUT2D eigenvalue weighted by Crippen LogP contribution is -2.49. The van der Waals surface area contributed by atoms with Crippen LogP contribution in [0.4, 0.5) is 5.95 Å². The van der Waals surface area contributed by atoms with Crippen molar-refractivity contribution in [3.8, 4) is 22.6 Å². The van der Waals surface area contributed by atoms with Gasteiger partial charge in [0.25, 0.3) is 5.91 Å². The summed E-state index contributed by atoms with van der Waals surface area (Å²) in [4.78, 5) is 30.9. The summed E-state index contributed by atoms with van der Waals surface area (Å²) in [5, 5.41) is 1.93. The molecule has 0 atom stereocenters. The minimum Gasteiger partial charge on any atom is -0.463 e. The number of hydrogen-bond donors (Lipinski definition) is 0. The summed E-state index contributed by atoms with van der Waals surface area (Å²) in [5.74, 6) is 1.43. The van der Waals surface area contributed by atoms with E-state index in [9.17, 15) is 4.79 Å². The third-order valence-electron chi connectivity index (χ3n) is 5.10. The molecule has 0 aliphatic carbocycles. The Morgan fingerprint density at radius 1 is 1.03 bits per heavy atom. The number of aromatic nitrogens is 3. The number of thiophene rings is 1. The lowest BCUT2D eigenvalue weighted by Gasteiger charge is -2.34. The SMILES string of the molecule is O=C(c1cccs1)N1CCN(c2ncc(-c3ccncc3)c(-c3ccco3)n2)CC1. The average Bonchev–Trinajstić information content (AvgIpc) is 3.54. The Morgan fingerprint density at radius 2 is 1.87 bits per heavy atom. The summed E-state index contributed by atoms with van der Waals surface area (Å²) in [6.07, 6.45) is 6.97. The largest absolute Gasteiger partial charge is 0.463 e. The number of hydrogen-bond acceptors (Lipinski definition) is 7. The maximum Gasteiger partial charge on any atom is 0.264 e. The Kier molecular flexibility index (Phi) is 4.98. The highest BCUT2D eigenvalue weighted by atomic mass is 32.1. The van der Waals surface area contributed by atoms with E-state index in [1.807, 2.05) is 52.9 Å². The monoisotopic (exact) mass is 417 g/mol. The molecule has 0 aromatic carbocycles. The smallest absolute Gasteiger partial charge is 0.264 e. The third kappa shape index (κ3) is 3.57. The molecule has 1 aliphatic rings. The minimum atomic E-state index is 0.0925. The summed E-state index contributed by atoms with van der Waals surface area (Å²) >= 11 is 1.48. The number of nitrogens with zero attached hydrogens (tertiary/aromatic N) is 5. The highest BCUT2D eigenvalue weighted by molar-refractivity contribution is 7.12. The van der Waals surface area contributed by atoms with Crippen molar-refractivity contribution >= 4 is 23.2 Å². The van der Waals surface area contributed by atoms with Crippen LogP contribution in [-0.2, 0) is 0 Å². The molecule has 1 fully saturated rings. The molecule has 1 saturated heterocycles. The molecule has 0 spiro atoms. The van der Waals surface area contributed by atoms with Gasteiger partial charge in [-0.05, 0) is 41.3 Å². The number of furan rings is 1. The molecule has 4 aromatic rings. The zero-order valence-corrected chi connectivity index (χ0v) is 17.0. The number of carbonyl (C=O) groups is 1.